The van der Waals surface area contributed by atoms with Crippen molar-refractivity contribution in [2.75, 3.05) is 13.1 Å². The lowest BCUT2D eigenvalue weighted by atomic mass is 9.90. The third kappa shape index (κ3) is 3.60. The Balaban J connectivity index is 1.33. The number of hydrogen-bond acceptors (Lipinski definition) is 3. The number of piperidine rings is 1. The molecule has 0 N–H and O–H groups in total. The van der Waals surface area contributed by atoms with Crippen LogP contribution in [0.25, 0.3) is 5.13 Å². The molecule has 0 spiro atoms. The Kier molecular flexibility index (Phi) is 4.76. The van der Waals surface area contributed by atoms with Crippen LogP contribution in [-0.2, 0) is 13.0 Å². The number of hydrogen-bond donors (Lipinski definition) is 0. The lowest BCUT2D eigenvalue weighted by molar-refractivity contribution is 0.174. The molecule has 0 aliphatic carbocycles. The molecule has 1 fully saturated rings. The fourth-order valence-corrected chi connectivity index (χ4v) is 4.25. The van der Waals surface area contributed by atoms with E-state index in [0.29, 0.717) is 0 Å². The van der Waals surface area contributed by atoms with Gasteiger partial charge in [-0.05, 0) is 56.0 Å². The van der Waals surface area contributed by atoms with Crippen LogP contribution in [0, 0.1) is 5.92 Å². The van der Waals surface area contributed by atoms with Crippen LogP contribution in [0.15, 0.2) is 60.2 Å². The molecule has 0 radical (unpaired) electrons. The van der Waals surface area contributed by atoms with Crippen LogP contribution in [0.5, 0.6) is 0 Å². The maximum Gasteiger partial charge on any atom is 0.193 e. The standard InChI is InChI=1S/C20H23N3S/c1-2-5-17(6-3-1)15-18-8-12-22(13-9-18)16-19-7-4-11-23(19)20-21-10-14-24-20/h1-7,10-11,14,18H,8-9,12-13,15-16H2. The quantitative estimate of drug-likeness (QED) is 0.688. The van der Waals surface area contributed by atoms with Crippen LogP contribution in [0.3, 0.4) is 0 Å². The van der Waals surface area contributed by atoms with Crippen molar-refractivity contribution in [1.82, 2.24) is 14.5 Å². The lowest BCUT2D eigenvalue weighted by Gasteiger charge is -2.32. The molecule has 1 aliphatic heterocycles. The maximum atomic E-state index is 4.43. The highest BCUT2D eigenvalue weighted by Gasteiger charge is 2.20. The second kappa shape index (κ2) is 7.32. The minimum absolute atomic E-state index is 0.828. The summed E-state index contributed by atoms with van der Waals surface area (Å²) in [5, 5.41) is 3.10. The molecule has 4 heteroatoms. The van der Waals surface area contributed by atoms with Crippen molar-refractivity contribution in [2.45, 2.75) is 25.8 Å². The normalized spacial score (nSPS) is 16.5. The third-order valence-corrected chi connectivity index (χ3v) is 5.69. The van der Waals surface area contributed by atoms with Gasteiger partial charge in [0.2, 0.25) is 0 Å². The molecular weight excluding hydrogens is 314 g/mol. The third-order valence-electron chi connectivity index (χ3n) is 4.92. The highest BCUT2D eigenvalue weighted by molar-refractivity contribution is 7.12. The number of aromatic nitrogens is 2. The summed E-state index contributed by atoms with van der Waals surface area (Å²) in [7, 11) is 0. The molecule has 124 valence electrons. The van der Waals surface area contributed by atoms with Crippen LogP contribution in [0.1, 0.15) is 24.1 Å². The largest absolute Gasteiger partial charge is 0.298 e. The van der Waals surface area contributed by atoms with Gasteiger partial charge in [0.15, 0.2) is 5.13 Å². The van der Waals surface area contributed by atoms with E-state index in [1.165, 1.54) is 43.6 Å². The summed E-state index contributed by atoms with van der Waals surface area (Å²) in [6.45, 7) is 3.41. The van der Waals surface area contributed by atoms with Gasteiger partial charge >= 0.3 is 0 Å². The summed E-state index contributed by atoms with van der Waals surface area (Å²) in [6, 6.07) is 15.3. The zero-order valence-corrected chi connectivity index (χ0v) is 14.7. The Bertz CT molecular complexity index is 740. The van der Waals surface area contributed by atoms with Gasteiger partial charge in [-0.3, -0.25) is 9.47 Å². The maximum absolute atomic E-state index is 4.43. The summed E-state index contributed by atoms with van der Waals surface area (Å²) < 4.78 is 2.22. The van der Waals surface area contributed by atoms with E-state index in [1.807, 2.05) is 11.6 Å². The molecule has 2 aromatic heterocycles. The van der Waals surface area contributed by atoms with Crippen LogP contribution >= 0.6 is 11.3 Å². The van der Waals surface area contributed by atoms with Gasteiger partial charge in [0.05, 0.1) is 0 Å². The summed E-state index contributed by atoms with van der Waals surface area (Å²) in [6.07, 6.45) is 7.82. The van der Waals surface area contributed by atoms with Crippen molar-refractivity contribution < 1.29 is 0 Å². The smallest absolute Gasteiger partial charge is 0.193 e. The molecule has 1 aliphatic rings. The van der Waals surface area contributed by atoms with E-state index in [4.69, 9.17) is 0 Å². The first-order valence-corrected chi connectivity index (χ1v) is 9.59. The van der Waals surface area contributed by atoms with Crippen LogP contribution in [0.4, 0.5) is 0 Å². The monoisotopic (exact) mass is 337 g/mol. The van der Waals surface area contributed by atoms with E-state index in [9.17, 15) is 0 Å². The Morgan fingerprint density at radius 2 is 1.88 bits per heavy atom. The van der Waals surface area contributed by atoms with Gasteiger partial charge < -0.3 is 0 Å². The van der Waals surface area contributed by atoms with E-state index in [-0.39, 0.29) is 0 Å². The summed E-state index contributed by atoms with van der Waals surface area (Å²) in [4.78, 5) is 7.02. The van der Waals surface area contributed by atoms with Gasteiger partial charge in [-0.1, -0.05) is 30.3 Å². The second-order valence-electron chi connectivity index (χ2n) is 6.59. The van der Waals surface area contributed by atoms with E-state index in [2.05, 4.69) is 63.1 Å². The molecule has 0 bridgehead atoms. The highest BCUT2D eigenvalue weighted by Crippen LogP contribution is 2.24. The molecule has 4 rings (SSSR count). The zero-order valence-electron chi connectivity index (χ0n) is 13.8. The van der Waals surface area contributed by atoms with E-state index >= 15 is 0 Å². The fraction of sp³-hybridized carbons (Fsp3) is 0.350. The predicted molar refractivity (Wildman–Crippen MR) is 99.6 cm³/mol. The number of thiazole rings is 1. The lowest BCUT2D eigenvalue weighted by Crippen LogP contribution is -2.34. The number of benzene rings is 1. The molecule has 0 saturated carbocycles. The van der Waals surface area contributed by atoms with Gasteiger partial charge in [0.1, 0.15) is 0 Å². The highest BCUT2D eigenvalue weighted by atomic mass is 32.1. The topological polar surface area (TPSA) is 21.1 Å². The zero-order chi connectivity index (χ0) is 16.2. The molecule has 3 aromatic rings. The Morgan fingerprint density at radius 1 is 1.04 bits per heavy atom. The van der Waals surface area contributed by atoms with Crippen molar-refractivity contribution in [3.63, 3.8) is 0 Å². The first-order valence-electron chi connectivity index (χ1n) is 8.71. The summed E-state index contributed by atoms with van der Waals surface area (Å²) >= 11 is 1.69. The number of rotatable bonds is 5. The minimum atomic E-state index is 0.828. The fourth-order valence-electron chi connectivity index (χ4n) is 3.59. The first-order chi connectivity index (χ1) is 11.9. The predicted octanol–water partition coefficient (Wildman–Crippen LogP) is 4.39. The molecular formula is C20H23N3S. The second-order valence-corrected chi connectivity index (χ2v) is 7.47. The molecule has 24 heavy (non-hydrogen) atoms. The molecule has 0 amide bonds. The Labute approximate surface area is 147 Å². The molecule has 1 aromatic carbocycles. The molecule has 3 heterocycles. The van der Waals surface area contributed by atoms with Crippen molar-refractivity contribution in [3.05, 3.63) is 71.5 Å². The van der Waals surface area contributed by atoms with Crippen molar-refractivity contribution in [1.29, 1.82) is 0 Å². The average molecular weight is 337 g/mol. The SMILES string of the molecule is c1ccc(CC2CCN(Cc3cccn3-c3nccs3)CC2)cc1. The number of likely N-dealkylation sites (tertiary alicyclic amines) is 1. The Hall–Kier alpha value is -1.91. The molecule has 0 atom stereocenters. The first kappa shape index (κ1) is 15.6. The Morgan fingerprint density at radius 3 is 2.62 bits per heavy atom. The van der Waals surface area contributed by atoms with Gasteiger partial charge in [0.25, 0.3) is 0 Å². The van der Waals surface area contributed by atoms with Crippen molar-refractivity contribution >= 4 is 11.3 Å². The summed E-state index contributed by atoms with van der Waals surface area (Å²) in [5.41, 5.74) is 2.82. The average Bonchev–Trinajstić information content (AvgIpc) is 3.29. The van der Waals surface area contributed by atoms with E-state index in [0.717, 1.165) is 17.6 Å². The van der Waals surface area contributed by atoms with Crippen LogP contribution in [-0.4, -0.2) is 27.5 Å². The minimum Gasteiger partial charge on any atom is -0.298 e. The van der Waals surface area contributed by atoms with Crippen LogP contribution in [0.2, 0.25) is 0 Å². The van der Waals surface area contributed by atoms with Gasteiger partial charge in [-0.2, -0.15) is 0 Å². The number of nitrogens with zero attached hydrogens (tertiary/aromatic N) is 3. The van der Waals surface area contributed by atoms with Crippen molar-refractivity contribution in [2.24, 2.45) is 5.92 Å². The van der Waals surface area contributed by atoms with E-state index < -0.39 is 0 Å². The van der Waals surface area contributed by atoms with Crippen LogP contribution < -0.4 is 0 Å². The van der Waals surface area contributed by atoms with Gasteiger partial charge in [-0.25, -0.2) is 4.98 Å². The van der Waals surface area contributed by atoms with E-state index in [1.54, 1.807) is 11.3 Å². The van der Waals surface area contributed by atoms with Crippen molar-refractivity contribution in [3.8, 4) is 5.13 Å². The molecule has 0 unspecified atom stereocenters. The van der Waals surface area contributed by atoms with Gasteiger partial charge in [-0.15, -0.1) is 11.3 Å². The summed E-state index contributed by atoms with van der Waals surface area (Å²) in [5.74, 6) is 0.828. The van der Waals surface area contributed by atoms with Gasteiger partial charge in [0, 0.05) is 30.0 Å². The molecule has 1 saturated heterocycles. The molecule has 3 nitrogen and oxygen atoms in total.